The van der Waals surface area contributed by atoms with Gasteiger partial charge in [-0.2, -0.15) is 0 Å². The van der Waals surface area contributed by atoms with Crippen LogP contribution >= 0.6 is 15.9 Å². The molecule has 3 nitrogen and oxygen atoms in total. The van der Waals surface area contributed by atoms with E-state index in [0.717, 1.165) is 23.3 Å². The summed E-state index contributed by atoms with van der Waals surface area (Å²) < 4.78 is 6.35. The van der Waals surface area contributed by atoms with Gasteiger partial charge in [0, 0.05) is 36.9 Å². The van der Waals surface area contributed by atoms with Crippen LogP contribution in [0.2, 0.25) is 0 Å². The maximum Gasteiger partial charge on any atom is 0.135 e. The molecule has 0 spiro atoms. The van der Waals surface area contributed by atoms with Crippen molar-refractivity contribution in [1.29, 1.82) is 0 Å². The van der Waals surface area contributed by atoms with E-state index in [4.69, 9.17) is 4.74 Å². The first-order valence-corrected chi connectivity index (χ1v) is 6.74. The van der Waals surface area contributed by atoms with Gasteiger partial charge in [-0.15, -0.1) is 0 Å². The lowest BCUT2D eigenvalue weighted by atomic mass is 10.1. The van der Waals surface area contributed by atoms with Crippen molar-refractivity contribution in [3.8, 4) is 5.75 Å². The zero-order chi connectivity index (χ0) is 12.4. The fraction of sp³-hybridized carbons (Fsp3) is 0.538. The molecule has 94 valence electrons. The Kier molecular flexibility index (Phi) is 3.94. The zero-order valence-corrected chi connectivity index (χ0v) is 12.1. The van der Waals surface area contributed by atoms with Crippen molar-refractivity contribution in [2.75, 3.05) is 25.1 Å². The van der Waals surface area contributed by atoms with Crippen LogP contribution in [0.5, 0.6) is 5.75 Å². The van der Waals surface area contributed by atoms with Crippen molar-refractivity contribution >= 4 is 21.6 Å². The van der Waals surface area contributed by atoms with Gasteiger partial charge in [-0.1, -0.05) is 0 Å². The molecule has 1 aliphatic rings. The summed E-state index contributed by atoms with van der Waals surface area (Å²) in [7, 11) is 1.70. The minimum absolute atomic E-state index is 0.511. The summed E-state index contributed by atoms with van der Waals surface area (Å²) >= 11 is 3.49. The number of hydrogen-bond donors (Lipinski definition) is 1. The predicted molar refractivity (Wildman–Crippen MR) is 75.0 cm³/mol. The Morgan fingerprint density at radius 1 is 1.41 bits per heavy atom. The Balaban J connectivity index is 2.26. The van der Waals surface area contributed by atoms with Crippen molar-refractivity contribution < 1.29 is 4.74 Å². The van der Waals surface area contributed by atoms with E-state index < -0.39 is 0 Å². The highest BCUT2D eigenvalue weighted by molar-refractivity contribution is 9.10. The first-order valence-electron chi connectivity index (χ1n) is 5.95. The first-order chi connectivity index (χ1) is 8.11. The molecule has 1 aromatic rings. The van der Waals surface area contributed by atoms with Gasteiger partial charge in [-0.05, 0) is 41.9 Å². The van der Waals surface area contributed by atoms with E-state index in [0.29, 0.717) is 12.1 Å². The highest BCUT2D eigenvalue weighted by Crippen LogP contribution is 2.31. The van der Waals surface area contributed by atoms with Crippen LogP contribution in [-0.4, -0.2) is 32.3 Å². The number of methoxy groups -OCH3 is 1. The summed E-state index contributed by atoms with van der Waals surface area (Å²) in [5.41, 5.74) is 1.23. The molecule has 1 fully saturated rings. The monoisotopic (exact) mass is 298 g/mol. The Morgan fingerprint density at radius 2 is 2.18 bits per heavy atom. The number of piperazine rings is 1. The average molecular weight is 299 g/mol. The molecule has 2 rings (SSSR count). The molecule has 0 aromatic heterocycles. The summed E-state index contributed by atoms with van der Waals surface area (Å²) in [5, 5.41) is 3.49. The topological polar surface area (TPSA) is 24.5 Å². The number of benzene rings is 1. The molecule has 0 saturated carbocycles. The molecule has 0 aliphatic carbocycles. The molecule has 0 bridgehead atoms. The van der Waals surface area contributed by atoms with Gasteiger partial charge < -0.3 is 15.0 Å². The minimum Gasteiger partial charge on any atom is -0.495 e. The molecule has 1 aliphatic heterocycles. The lowest BCUT2D eigenvalue weighted by Gasteiger charge is -2.39. The molecule has 1 heterocycles. The van der Waals surface area contributed by atoms with Gasteiger partial charge in [0.25, 0.3) is 0 Å². The van der Waals surface area contributed by atoms with Crippen molar-refractivity contribution in [3.63, 3.8) is 0 Å². The average Bonchev–Trinajstić information content (AvgIpc) is 2.33. The van der Waals surface area contributed by atoms with Crippen molar-refractivity contribution in [2.45, 2.75) is 25.9 Å². The minimum atomic E-state index is 0.511. The number of nitrogens with zero attached hydrogens (tertiary/aromatic N) is 1. The van der Waals surface area contributed by atoms with Gasteiger partial charge in [0.2, 0.25) is 0 Å². The predicted octanol–water partition coefficient (Wildman–Crippen LogP) is 2.64. The molecule has 17 heavy (non-hydrogen) atoms. The molecule has 0 radical (unpaired) electrons. The third-order valence-corrected chi connectivity index (χ3v) is 3.89. The fourth-order valence-electron chi connectivity index (χ4n) is 2.21. The quantitative estimate of drug-likeness (QED) is 0.908. The molecule has 2 atom stereocenters. The van der Waals surface area contributed by atoms with Crippen LogP contribution in [0.3, 0.4) is 0 Å². The molecule has 1 aromatic carbocycles. The number of nitrogens with one attached hydrogen (secondary N) is 1. The van der Waals surface area contributed by atoms with Gasteiger partial charge in [0.1, 0.15) is 5.75 Å². The lowest BCUT2D eigenvalue weighted by Crippen LogP contribution is -2.54. The van der Waals surface area contributed by atoms with E-state index in [1.54, 1.807) is 7.11 Å². The third-order valence-electron chi connectivity index (χ3n) is 3.23. The van der Waals surface area contributed by atoms with E-state index in [9.17, 15) is 0 Å². The molecule has 0 amide bonds. The highest BCUT2D eigenvalue weighted by Gasteiger charge is 2.22. The van der Waals surface area contributed by atoms with Gasteiger partial charge >= 0.3 is 0 Å². The number of halogens is 1. The summed E-state index contributed by atoms with van der Waals surface area (Å²) in [6, 6.07) is 7.32. The van der Waals surface area contributed by atoms with Gasteiger partial charge in [0.15, 0.2) is 0 Å². The van der Waals surface area contributed by atoms with Crippen molar-refractivity contribution in [1.82, 2.24) is 5.32 Å². The maximum absolute atomic E-state index is 5.35. The summed E-state index contributed by atoms with van der Waals surface area (Å²) in [6.45, 7) is 6.52. The summed E-state index contributed by atoms with van der Waals surface area (Å²) in [5.74, 6) is 0.890. The Hall–Kier alpha value is -0.740. The number of rotatable bonds is 2. The van der Waals surface area contributed by atoms with E-state index in [2.05, 4.69) is 52.1 Å². The second-order valence-corrected chi connectivity index (χ2v) is 5.48. The largest absolute Gasteiger partial charge is 0.495 e. The van der Waals surface area contributed by atoms with E-state index in [1.807, 2.05) is 6.07 Å². The van der Waals surface area contributed by atoms with Crippen LogP contribution in [0, 0.1) is 0 Å². The number of hydrogen-bond acceptors (Lipinski definition) is 3. The van der Waals surface area contributed by atoms with Crippen LogP contribution in [-0.2, 0) is 0 Å². The van der Waals surface area contributed by atoms with E-state index in [1.165, 1.54) is 5.69 Å². The Bertz CT molecular complexity index is 397. The van der Waals surface area contributed by atoms with Gasteiger partial charge in [-0.25, -0.2) is 0 Å². The standard InChI is InChI=1S/C13H19BrN2O/c1-9-8-16(10(2)7-15-9)11-4-5-12(14)13(6-11)17-3/h4-6,9-10,15H,7-8H2,1-3H3. The SMILES string of the molecule is COc1cc(N2CC(C)NCC2C)ccc1Br. The third kappa shape index (κ3) is 2.75. The Morgan fingerprint density at radius 3 is 2.88 bits per heavy atom. The molecule has 1 saturated heterocycles. The highest BCUT2D eigenvalue weighted by atomic mass is 79.9. The smallest absolute Gasteiger partial charge is 0.135 e. The molecule has 4 heteroatoms. The summed E-state index contributed by atoms with van der Waals surface area (Å²) in [4.78, 5) is 2.43. The summed E-state index contributed by atoms with van der Waals surface area (Å²) in [6.07, 6.45) is 0. The second-order valence-electron chi connectivity index (χ2n) is 4.63. The second kappa shape index (κ2) is 5.27. The van der Waals surface area contributed by atoms with Gasteiger partial charge in [-0.3, -0.25) is 0 Å². The van der Waals surface area contributed by atoms with Crippen molar-refractivity contribution in [2.24, 2.45) is 0 Å². The van der Waals surface area contributed by atoms with Crippen LogP contribution in [0.25, 0.3) is 0 Å². The molecule has 2 unspecified atom stereocenters. The number of ether oxygens (including phenoxy) is 1. The first kappa shape index (κ1) is 12.7. The van der Waals surface area contributed by atoms with Crippen LogP contribution in [0.15, 0.2) is 22.7 Å². The van der Waals surface area contributed by atoms with Gasteiger partial charge in [0.05, 0.1) is 11.6 Å². The van der Waals surface area contributed by atoms with Crippen LogP contribution in [0.4, 0.5) is 5.69 Å². The van der Waals surface area contributed by atoms with Crippen LogP contribution < -0.4 is 15.0 Å². The van der Waals surface area contributed by atoms with E-state index in [-0.39, 0.29) is 0 Å². The maximum atomic E-state index is 5.35. The normalized spacial score (nSPS) is 24.8. The van der Waals surface area contributed by atoms with Crippen molar-refractivity contribution in [3.05, 3.63) is 22.7 Å². The number of anilines is 1. The fourth-order valence-corrected chi connectivity index (χ4v) is 2.62. The van der Waals surface area contributed by atoms with Crippen LogP contribution in [0.1, 0.15) is 13.8 Å². The lowest BCUT2D eigenvalue weighted by molar-refractivity contribution is 0.408. The molecular formula is C13H19BrN2O. The van der Waals surface area contributed by atoms with E-state index >= 15 is 0 Å². The Labute approximate surface area is 111 Å². The molecule has 1 N–H and O–H groups in total. The zero-order valence-electron chi connectivity index (χ0n) is 10.5. The molecular weight excluding hydrogens is 280 g/mol.